The predicted molar refractivity (Wildman–Crippen MR) is 121 cm³/mol. The molecule has 0 amide bonds. The summed E-state index contributed by atoms with van der Waals surface area (Å²) in [6.45, 7) is 13.4. The zero-order valence-corrected chi connectivity index (χ0v) is 20.2. The number of carbonyl (C=O) groups excluding carboxylic acids is 2. The van der Waals surface area contributed by atoms with E-state index in [1.165, 1.54) is 0 Å². The van der Waals surface area contributed by atoms with Gasteiger partial charge >= 0.3 is 11.9 Å². The van der Waals surface area contributed by atoms with E-state index in [1.54, 1.807) is 0 Å². The summed E-state index contributed by atoms with van der Waals surface area (Å²) in [6, 6.07) is 0. The van der Waals surface area contributed by atoms with E-state index in [4.69, 9.17) is 9.47 Å². The first kappa shape index (κ1) is 27.9. The van der Waals surface area contributed by atoms with Crippen molar-refractivity contribution in [2.24, 2.45) is 17.3 Å². The van der Waals surface area contributed by atoms with Gasteiger partial charge in [-0.05, 0) is 38.5 Å². The normalized spacial score (nSPS) is 15.4. The van der Waals surface area contributed by atoms with E-state index < -0.39 is 0 Å². The first-order valence-electron chi connectivity index (χ1n) is 12.3. The van der Waals surface area contributed by atoms with Gasteiger partial charge < -0.3 is 9.47 Å². The summed E-state index contributed by atoms with van der Waals surface area (Å²) in [7, 11) is 0. The molecule has 0 aromatic rings. The Labute approximate surface area is 180 Å². The molecule has 0 aliphatic heterocycles. The molecule has 0 aromatic heterocycles. The van der Waals surface area contributed by atoms with Crippen LogP contribution in [0.5, 0.6) is 0 Å². The van der Waals surface area contributed by atoms with Gasteiger partial charge in [0.25, 0.3) is 0 Å². The van der Waals surface area contributed by atoms with Crippen LogP contribution in [0.3, 0.4) is 0 Å². The van der Waals surface area contributed by atoms with Crippen molar-refractivity contribution in [3.8, 4) is 0 Å². The first-order valence-corrected chi connectivity index (χ1v) is 12.3. The second kappa shape index (κ2) is 16.7. The third kappa shape index (κ3) is 11.1. The molecule has 0 aliphatic rings. The fourth-order valence-corrected chi connectivity index (χ4v) is 3.68. The fourth-order valence-electron chi connectivity index (χ4n) is 3.68. The monoisotopic (exact) mass is 412 g/mol. The molecule has 0 fully saturated rings. The van der Waals surface area contributed by atoms with Crippen molar-refractivity contribution in [3.05, 3.63) is 0 Å². The Kier molecular flexibility index (Phi) is 16.1. The lowest BCUT2D eigenvalue weighted by Crippen LogP contribution is -2.36. The largest absolute Gasteiger partial charge is 0.465 e. The van der Waals surface area contributed by atoms with E-state index in [2.05, 4.69) is 41.5 Å². The van der Waals surface area contributed by atoms with Gasteiger partial charge in [-0.25, -0.2) is 0 Å². The second-order valence-electron chi connectivity index (χ2n) is 8.67. The van der Waals surface area contributed by atoms with Crippen LogP contribution in [-0.4, -0.2) is 25.2 Å². The Hall–Kier alpha value is -1.06. The highest BCUT2D eigenvalue weighted by molar-refractivity contribution is 5.73. The van der Waals surface area contributed by atoms with Crippen LogP contribution in [0.25, 0.3) is 0 Å². The Balaban J connectivity index is 4.98. The van der Waals surface area contributed by atoms with E-state index in [0.29, 0.717) is 13.2 Å². The maximum Gasteiger partial charge on any atom is 0.308 e. The molecular formula is C25H48O4. The summed E-state index contributed by atoms with van der Waals surface area (Å²) >= 11 is 0. The Morgan fingerprint density at radius 3 is 1.41 bits per heavy atom. The average Bonchev–Trinajstić information content (AvgIpc) is 2.74. The van der Waals surface area contributed by atoms with Crippen molar-refractivity contribution in [2.45, 2.75) is 119 Å². The summed E-state index contributed by atoms with van der Waals surface area (Å²) in [4.78, 5) is 25.2. The topological polar surface area (TPSA) is 52.6 Å². The number of hydrogen-bond acceptors (Lipinski definition) is 4. The summed E-state index contributed by atoms with van der Waals surface area (Å²) in [6.07, 6.45) is 11.6. The molecule has 2 unspecified atom stereocenters. The smallest absolute Gasteiger partial charge is 0.308 e. The van der Waals surface area contributed by atoms with Crippen LogP contribution in [0, 0.1) is 17.3 Å². The zero-order chi connectivity index (χ0) is 22.1. The highest BCUT2D eigenvalue weighted by Gasteiger charge is 2.33. The van der Waals surface area contributed by atoms with Gasteiger partial charge in [-0.15, -0.1) is 0 Å². The zero-order valence-electron chi connectivity index (χ0n) is 20.2. The van der Waals surface area contributed by atoms with Gasteiger partial charge in [0.15, 0.2) is 0 Å². The second-order valence-corrected chi connectivity index (χ2v) is 8.67. The van der Waals surface area contributed by atoms with E-state index in [9.17, 15) is 9.59 Å². The number of carbonyl (C=O) groups is 2. The number of ether oxygens (including phenoxy) is 2. The molecule has 4 nitrogen and oxygen atoms in total. The number of unbranched alkanes of at least 4 members (excludes halogenated alkanes) is 3. The number of rotatable bonds is 18. The highest BCUT2D eigenvalue weighted by Crippen LogP contribution is 2.31. The van der Waals surface area contributed by atoms with Crippen LogP contribution in [0.2, 0.25) is 0 Å². The third-order valence-corrected chi connectivity index (χ3v) is 6.32. The molecule has 29 heavy (non-hydrogen) atoms. The fraction of sp³-hybridized carbons (Fsp3) is 0.920. The molecule has 0 N–H and O–H groups in total. The van der Waals surface area contributed by atoms with Crippen molar-refractivity contribution in [2.75, 3.05) is 13.2 Å². The minimum Gasteiger partial charge on any atom is -0.465 e. The molecule has 0 radical (unpaired) electrons. The maximum absolute atomic E-state index is 12.6. The molecular weight excluding hydrogens is 364 g/mol. The van der Waals surface area contributed by atoms with E-state index in [-0.39, 0.29) is 29.2 Å². The van der Waals surface area contributed by atoms with Gasteiger partial charge in [-0.1, -0.05) is 80.1 Å². The lowest BCUT2D eigenvalue weighted by atomic mass is 9.81. The molecule has 0 saturated heterocycles. The van der Waals surface area contributed by atoms with Crippen molar-refractivity contribution in [3.63, 3.8) is 0 Å². The van der Waals surface area contributed by atoms with Gasteiger partial charge in [0.05, 0.1) is 11.8 Å². The van der Waals surface area contributed by atoms with Gasteiger partial charge in [0.2, 0.25) is 0 Å². The van der Waals surface area contributed by atoms with Crippen molar-refractivity contribution in [1.82, 2.24) is 0 Å². The molecule has 0 aromatic carbocycles. The van der Waals surface area contributed by atoms with Crippen LogP contribution in [0.1, 0.15) is 119 Å². The molecule has 2 atom stereocenters. The predicted octanol–water partition coefficient (Wildman–Crippen LogP) is 7.09. The lowest BCUT2D eigenvalue weighted by molar-refractivity contribution is -0.160. The molecule has 0 aliphatic carbocycles. The Bertz CT molecular complexity index is 401. The van der Waals surface area contributed by atoms with Gasteiger partial charge in [-0.2, -0.15) is 0 Å². The maximum atomic E-state index is 12.6. The minimum absolute atomic E-state index is 0.0169. The van der Waals surface area contributed by atoms with E-state index in [1.807, 2.05) is 0 Å². The molecule has 172 valence electrons. The van der Waals surface area contributed by atoms with Gasteiger partial charge in [-0.3, -0.25) is 9.59 Å². The van der Waals surface area contributed by atoms with E-state index in [0.717, 1.165) is 77.0 Å². The molecule has 0 heterocycles. The first-order chi connectivity index (χ1) is 13.9. The van der Waals surface area contributed by atoms with Crippen LogP contribution in [0.4, 0.5) is 0 Å². The SMILES string of the molecule is CCCCC(CC)C(=O)OCC(CC)(CCCC)COC(=O)C(CC)CCCC. The summed E-state index contributed by atoms with van der Waals surface area (Å²) in [5, 5.41) is 0. The molecule has 0 spiro atoms. The Morgan fingerprint density at radius 1 is 0.690 bits per heavy atom. The van der Waals surface area contributed by atoms with Crippen LogP contribution in [-0.2, 0) is 19.1 Å². The lowest BCUT2D eigenvalue weighted by Gasteiger charge is -2.33. The van der Waals surface area contributed by atoms with Crippen molar-refractivity contribution in [1.29, 1.82) is 0 Å². The standard InChI is InChI=1S/C25H48O4/c1-7-13-16-21(10-4)23(26)28-19-25(12-6,18-15-9-3)20-29-24(27)22(11-5)17-14-8-2/h21-22H,7-20H2,1-6H3. The van der Waals surface area contributed by atoms with E-state index >= 15 is 0 Å². The van der Waals surface area contributed by atoms with Crippen LogP contribution >= 0.6 is 0 Å². The average molecular weight is 413 g/mol. The van der Waals surface area contributed by atoms with Gasteiger partial charge in [0.1, 0.15) is 13.2 Å². The van der Waals surface area contributed by atoms with Crippen molar-refractivity contribution >= 4 is 11.9 Å². The molecule has 0 bridgehead atoms. The molecule has 0 saturated carbocycles. The van der Waals surface area contributed by atoms with Crippen LogP contribution < -0.4 is 0 Å². The quantitative estimate of drug-likeness (QED) is 0.225. The number of esters is 2. The summed E-state index contributed by atoms with van der Waals surface area (Å²) < 4.78 is 11.6. The van der Waals surface area contributed by atoms with Crippen LogP contribution in [0.15, 0.2) is 0 Å². The minimum atomic E-state index is -0.270. The number of hydrogen-bond donors (Lipinski definition) is 0. The summed E-state index contributed by atoms with van der Waals surface area (Å²) in [5.41, 5.74) is -0.270. The van der Waals surface area contributed by atoms with Crippen molar-refractivity contribution < 1.29 is 19.1 Å². The third-order valence-electron chi connectivity index (χ3n) is 6.32. The summed E-state index contributed by atoms with van der Waals surface area (Å²) in [5.74, 6) is -0.208. The highest BCUT2D eigenvalue weighted by atomic mass is 16.5. The molecule has 0 rings (SSSR count). The van der Waals surface area contributed by atoms with Gasteiger partial charge in [0, 0.05) is 5.41 Å². The molecule has 4 heteroatoms. The Morgan fingerprint density at radius 2 is 1.10 bits per heavy atom.